The SMILES string of the molecule is Cc1ccc(/C=C/C(=O)c2ccc3c(c2)NC(=O)CO3)c(C)c1. The number of allylic oxidation sites excluding steroid dienone is 1. The first-order chi connectivity index (χ1) is 11.0. The molecule has 0 saturated carbocycles. The van der Waals surface area contributed by atoms with Gasteiger partial charge in [-0.25, -0.2) is 0 Å². The lowest BCUT2D eigenvalue weighted by atomic mass is 10.0. The zero-order valence-electron chi connectivity index (χ0n) is 13.1. The van der Waals surface area contributed by atoms with E-state index in [1.165, 1.54) is 5.56 Å². The summed E-state index contributed by atoms with van der Waals surface area (Å²) in [6.45, 7) is 4.06. The number of hydrogen-bond donors (Lipinski definition) is 1. The van der Waals surface area contributed by atoms with Crippen LogP contribution in [0.2, 0.25) is 0 Å². The topological polar surface area (TPSA) is 55.4 Å². The number of anilines is 1. The van der Waals surface area contributed by atoms with Crippen LogP contribution in [-0.2, 0) is 4.79 Å². The molecule has 1 aliphatic heterocycles. The highest BCUT2D eigenvalue weighted by Crippen LogP contribution is 2.28. The van der Waals surface area contributed by atoms with Crippen molar-refractivity contribution in [2.24, 2.45) is 0 Å². The summed E-state index contributed by atoms with van der Waals surface area (Å²) in [5.74, 6) is 0.250. The Morgan fingerprint density at radius 1 is 1.17 bits per heavy atom. The molecule has 2 aromatic rings. The van der Waals surface area contributed by atoms with E-state index in [-0.39, 0.29) is 18.3 Å². The molecule has 0 bridgehead atoms. The Labute approximate surface area is 134 Å². The first kappa shape index (κ1) is 15.0. The molecule has 3 rings (SSSR count). The molecule has 0 aliphatic carbocycles. The first-order valence-corrected chi connectivity index (χ1v) is 7.39. The zero-order valence-corrected chi connectivity index (χ0v) is 13.1. The maximum absolute atomic E-state index is 12.3. The number of carbonyl (C=O) groups is 2. The van der Waals surface area contributed by atoms with Gasteiger partial charge in [-0.05, 0) is 49.2 Å². The van der Waals surface area contributed by atoms with Gasteiger partial charge in [-0.2, -0.15) is 0 Å². The Balaban J connectivity index is 1.82. The second kappa shape index (κ2) is 6.08. The number of rotatable bonds is 3. The fraction of sp³-hybridized carbons (Fsp3) is 0.158. The van der Waals surface area contributed by atoms with Crippen LogP contribution in [0.5, 0.6) is 5.75 Å². The number of ether oxygens (including phenoxy) is 1. The Kier molecular flexibility index (Phi) is 3.98. The molecule has 0 aromatic heterocycles. The highest BCUT2D eigenvalue weighted by Gasteiger charge is 2.17. The van der Waals surface area contributed by atoms with Gasteiger partial charge < -0.3 is 10.1 Å². The average Bonchev–Trinajstić information content (AvgIpc) is 2.53. The van der Waals surface area contributed by atoms with Crippen molar-refractivity contribution in [3.05, 3.63) is 64.7 Å². The number of benzene rings is 2. The van der Waals surface area contributed by atoms with E-state index in [2.05, 4.69) is 11.4 Å². The van der Waals surface area contributed by atoms with Gasteiger partial charge in [0, 0.05) is 5.56 Å². The quantitative estimate of drug-likeness (QED) is 0.697. The third-order valence-electron chi connectivity index (χ3n) is 3.74. The Morgan fingerprint density at radius 2 is 2.00 bits per heavy atom. The summed E-state index contributed by atoms with van der Waals surface area (Å²) >= 11 is 0. The molecule has 0 atom stereocenters. The fourth-order valence-corrected chi connectivity index (χ4v) is 2.51. The molecule has 2 aromatic carbocycles. The summed E-state index contributed by atoms with van der Waals surface area (Å²) < 4.78 is 5.29. The van der Waals surface area contributed by atoms with Crippen LogP contribution in [0.4, 0.5) is 5.69 Å². The van der Waals surface area contributed by atoms with Crippen LogP contribution in [-0.4, -0.2) is 18.3 Å². The largest absolute Gasteiger partial charge is 0.482 e. The van der Waals surface area contributed by atoms with Gasteiger partial charge in [0.05, 0.1) is 5.69 Å². The van der Waals surface area contributed by atoms with Gasteiger partial charge in [-0.15, -0.1) is 0 Å². The number of nitrogens with one attached hydrogen (secondary N) is 1. The van der Waals surface area contributed by atoms with Crippen LogP contribution >= 0.6 is 0 Å². The number of amides is 1. The van der Waals surface area contributed by atoms with E-state index in [1.807, 2.05) is 32.1 Å². The van der Waals surface area contributed by atoms with Gasteiger partial charge in [0.1, 0.15) is 5.75 Å². The molecular weight excluding hydrogens is 290 g/mol. The van der Waals surface area contributed by atoms with Crippen LogP contribution in [0.25, 0.3) is 6.08 Å². The molecule has 23 heavy (non-hydrogen) atoms. The number of hydrogen-bond acceptors (Lipinski definition) is 3. The number of aryl methyl sites for hydroxylation is 2. The predicted octanol–water partition coefficient (Wildman–Crippen LogP) is 3.53. The minimum absolute atomic E-state index is 0.00684. The summed E-state index contributed by atoms with van der Waals surface area (Å²) in [5, 5.41) is 2.70. The van der Waals surface area contributed by atoms with E-state index in [9.17, 15) is 9.59 Å². The highest BCUT2D eigenvalue weighted by atomic mass is 16.5. The van der Waals surface area contributed by atoms with Gasteiger partial charge in [0.15, 0.2) is 12.4 Å². The third kappa shape index (κ3) is 3.31. The van der Waals surface area contributed by atoms with Gasteiger partial charge in [0.25, 0.3) is 5.91 Å². The highest BCUT2D eigenvalue weighted by molar-refractivity contribution is 6.08. The molecule has 4 heteroatoms. The Morgan fingerprint density at radius 3 is 2.78 bits per heavy atom. The smallest absolute Gasteiger partial charge is 0.262 e. The Hall–Kier alpha value is -2.88. The van der Waals surface area contributed by atoms with E-state index in [4.69, 9.17) is 4.74 Å². The molecule has 0 saturated heterocycles. The molecular formula is C19H17NO3. The van der Waals surface area contributed by atoms with Crippen molar-refractivity contribution >= 4 is 23.5 Å². The normalized spacial score (nSPS) is 13.4. The number of carbonyl (C=O) groups excluding carboxylic acids is 2. The van der Waals surface area contributed by atoms with Crippen molar-refractivity contribution in [2.75, 3.05) is 11.9 Å². The molecule has 0 radical (unpaired) electrons. The fourth-order valence-electron chi connectivity index (χ4n) is 2.51. The maximum atomic E-state index is 12.3. The van der Waals surface area contributed by atoms with E-state index >= 15 is 0 Å². The van der Waals surface area contributed by atoms with Gasteiger partial charge in [0.2, 0.25) is 0 Å². The van der Waals surface area contributed by atoms with Crippen molar-refractivity contribution in [1.29, 1.82) is 0 Å². The predicted molar refractivity (Wildman–Crippen MR) is 89.8 cm³/mol. The summed E-state index contributed by atoms with van der Waals surface area (Å²) in [6.07, 6.45) is 3.36. The lowest BCUT2D eigenvalue weighted by Gasteiger charge is -2.17. The zero-order chi connectivity index (χ0) is 16.4. The summed E-state index contributed by atoms with van der Waals surface area (Å²) in [5.41, 5.74) is 4.37. The monoisotopic (exact) mass is 307 g/mol. The maximum Gasteiger partial charge on any atom is 0.262 e. The number of fused-ring (bicyclic) bond motifs is 1. The third-order valence-corrected chi connectivity index (χ3v) is 3.74. The van der Waals surface area contributed by atoms with E-state index < -0.39 is 0 Å². The molecule has 1 N–H and O–H groups in total. The van der Waals surface area contributed by atoms with Crippen molar-refractivity contribution in [2.45, 2.75) is 13.8 Å². The van der Waals surface area contributed by atoms with Crippen molar-refractivity contribution in [3.63, 3.8) is 0 Å². The van der Waals surface area contributed by atoms with Crippen LogP contribution in [0.3, 0.4) is 0 Å². The molecule has 116 valence electrons. The molecule has 0 unspecified atom stereocenters. The lowest BCUT2D eigenvalue weighted by molar-refractivity contribution is -0.118. The molecule has 1 heterocycles. The number of ketones is 1. The van der Waals surface area contributed by atoms with Crippen molar-refractivity contribution in [1.82, 2.24) is 0 Å². The molecule has 1 amide bonds. The van der Waals surface area contributed by atoms with Gasteiger partial charge in [-0.3, -0.25) is 9.59 Å². The van der Waals surface area contributed by atoms with Gasteiger partial charge in [-0.1, -0.05) is 29.8 Å². The Bertz CT molecular complexity index is 821. The first-order valence-electron chi connectivity index (χ1n) is 7.39. The molecule has 0 fully saturated rings. The lowest BCUT2D eigenvalue weighted by Crippen LogP contribution is -2.25. The summed E-state index contributed by atoms with van der Waals surface area (Å²) in [6, 6.07) is 11.1. The minimum Gasteiger partial charge on any atom is -0.482 e. The van der Waals surface area contributed by atoms with Crippen molar-refractivity contribution < 1.29 is 14.3 Å². The standard InChI is InChI=1S/C19H17NO3/c1-12-3-4-14(13(2)9-12)5-7-17(21)15-6-8-18-16(10-15)20-19(22)11-23-18/h3-10H,11H2,1-2H3,(H,20,22)/b7-5+. The van der Waals surface area contributed by atoms with Crippen molar-refractivity contribution in [3.8, 4) is 5.75 Å². The molecule has 4 nitrogen and oxygen atoms in total. The van der Waals surface area contributed by atoms with E-state index in [1.54, 1.807) is 24.3 Å². The van der Waals surface area contributed by atoms with Crippen LogP contribution in [0.15, 0.2) is 42.5 Å². The minimum atomic E-state index is -0.215. The molecule has 1 aliphatic rings. The van der Waals surface area contributed by atoms with Crippen LogP contribution in [0, 0.1) is 13.8 Å². The van der Waals surface area contributed by atoms with Crippen LogP contribution < -0.4 is 10.1 Å². The second-order valence-electron chi connectivity index (χ2n) is 5.61. The summed E-state index contributed by atoms with van der Waals surface area (Å²) in [4.78, 5) is 23.7. The molecule has 0 spiro atoms. The average molecular weight is 307 g/mol. The summed E-state index contributed by atoms with van der Waals surface area (Å²) in [7, 11) is 0. The van der Waals surface area contributed by atoms with E-state index in [0.717, 1.165) is 11.1 Å². The second-order valence-corrected chi connectivity index (χ2v) is 5.61. The van der Waals surface area contributed by atoms with Gasteiger partial charge >= 0.3 is 0 Å². The van der Waals surface area contributed by atoms with E-state index in [0.29, 0.717) is 17.0 Å². The van der Waals surface area contributed by atoms with Crippen LogP contribution in [0.1, 0.15) is 27.0 Å².